The van der Waals surface area contributed by atoms with Gasteiger partial charge in [0.05, 0.1) is 11.1 Å². The Morgan fingerprint density at radius 3 is 2.76 bits per heavy atom. The number of carbonyl (C=O) groups excluding carboxylic acids is 1. The van der Waals surface area contributed by atoms with E-state index in [1.54, 1.807) is 30.3 Å². The van der Waals surface area contributed by atoms with E-state index < -0.39 is 11.7 Å². The molecule has 6 heteroatoms. The molecule has 0 aromatic heterocycles. The first-order valence-electron chi connectivity index (χ1n) is 6.19. The quantitative estimate of drug-likeness (QED) is 0.868. The maximum absolute atomic E-state index is 14.1. The van der Waals surface area contributed by atoms with Gasteiger partial charge in [-0.15, -0.1) is 0 Å². The monoisotopic (exact) mass is 304 g/mol. The fourth-order valence-corrected chi connectivity index (χ4v) is 2.42. The summed E-state index contributed by atoms with van der Waals surface area (Å²) >= 11 is 5.97. The lowest BCUT2D eigenvalue weighted by Gasteiger charge is -2.18. The van der Waals surface area contributed by atoms with Crippen LogP contribution in [-0.4, -0.2) is 22.7 Å². The van der Waals surface area contributed by atoms with Crippen LogP contribution in [0.3, 0.4) is 0 Å². The van der Waals surface area contributed by atoms with Gasteiger partial charge in [0, 0.05) is 15.8 Å². The summed E-state index contributed by atoms with van der Waals surface area (Å²) in [6.45, 7) is -0.351. The minimum Gasteiger partial charge on any atom is -0.288 e. The van der Waals surface area contributed by atoms with Crippen molar-refractivity contribution in [2.24, 2.45) is 4.99 Å². The molecule has 0 bridgehead atoms. The van der Waals surface area contributed by atoms with Crippen LogP contribution in [0.2, 0.25) is 5.02 Å². The lowest BCUT2D eigenvalue weighted by Crippen LogP contribution is -2.32. The summed E-state index contributed by atoms with van der Waals surface area (Å²) in [5, 5.41) is 12.0. The summed E-state index contributed by atoms with van der Waals surface area (Å²) in [5.74, 6) is -1.03. The van der Waals surface area contributed by atoms with Gasteiger partial charge in [0.15, 0.2) is 0 Å². The topological polar surface area (TPSA) is 52.9 Å². The first-order chi connectivity index (χ1) is 10.1. The van der Waals surface area contributed by atoms with E-state index in [2.05, 4.69) is 4.99 Å². The maximum atomic E-state index is 14.1. The second-order valence-corrected chi connectivity index (χ2v) is 4.99. The van der Waals surface area contributed by atoms with Crippen LogP contribution in [0, 0.1) is 5.82 Å². The Morgan fingerprint density at radius 1 is 1.24 bits per heavy atom. The largest absolute Gasteiger partial charge is 0.288 e. The zero-order valence-corrected chi connectivity index (χ0v) is 11.5. The molecule has 0 spiro atoms. The number of fused-ring (bicyclic) bond motifs is 1. The Balaban J connectivity index is 2.46. The van der Waals surface area contributed by atoms with Crippen LogP contribution in [0.15, 0.2) is 47.5 Å². The predicted octanol–water partition coefficient (Wildman–Crippen LogP) is 1.49. The lowest BCUT2D eigenvalue weighted by atomic mass is 10.1. The molecule has 0 fully saturated rings. The van der Waals surface area contributed by atoms with Crippen molar-refractivity contribution in [1.29, 1.82) is 0 Å². The zero-order valence-electron chi connectivity index (χ0n) is 10.8. The Morgan fingerprint density at radius 2 is 2.00 bits per heavy atom. The van der Waals surface area contributed by atoms with Crippen molar-refractivity contribution < 1.29 is 14.4 Å². The van der Waals surface area contributed by atoms with Crippen LogP contribution in [-0.2, 0) is 4.79 Å². The van der Waals surface area contributed by atoms with E-state index in [1.807, 2.05) is 0 Å². The Hall–Kier alpha value is -2.24. The average Bonchev–Trinajstić information content (AvgIpc) is 2.55. The summed E-state index contributed by atoms with van der Waals surface area (Å²) in [5.41, 5.74) is 0.341. The van der Waals surface area contributed by atoms with E-state index in [9.17, 15) is 14.4 Å². The second kappa shape index (κ2) is 5.27. The van der Waals surface area contributed by atoms with Crippen LogP contribution >= 0.6 is 11.6 Å². The van der Waals surface area contributed by atoms with Crippen molar-refractivity contribution in [1.82, 2.24) is 5.06 Å². The third kappa shape index (κ3) is 2.53. The molecular formula is C15H10ClFN2O2. The molecule has 1 heterocycles. The van der Waals surface area contributed by atoms with E-state index in [0.717, 1.165) is 0 Å². The molecule has 0 aliphatic carbocycles. The highest BCUT2D eigenvalue weighted by molar-refractivity contribution is 6.30. The van der Waals surface area contributed by atoms with Gasteiger partial charge >= 0.3 is 0 Å². The highest BCUT2D eigenvalue weighted by Crippen LogP contribution is 2.19. The standard InChI is InChI=1S/C15H10ClFN2O2/c16-9-5-6-13-11(7-9)15(19(21)8-14(20)18-13)10-3-1-2-4-12(10)17/h1-7,21H,8H2. The van der Waals surface area contributed by atoms with Crippen LogP contribution in [0.1, 0.15) is 5.56 Å². The van der Waals surface area contributed by atoms with Gasteiger partial charge in [-0.2, -0.15) is 0 Å². The molecule has 4 nitrogen and oxygen atoms in total. The van der Waals surface area contributed by atoms with E-state index in [4.69, 9.17) is 11.6 Å². The van der Waals surface area contributed by atoms with Gasteiger partial charge in [-0.1, -0.05) is 23.7 Å². The molecule has 0 atom stereocenters. The van der Waals surface area contributed by atoms with Crippen molar-refractivity contribution in [2.75, 3.05) is 6.54 Å². The number of carbonyl (C=O) groups is 1. The minimum atomic E-state index is -0.521. The van der Waals surface area contributed by atoms with Crippen LogP contribution < -0.4 is 10.6 Å². The molecule has 106 valence electrons. The molecule has 0 saturated heterocycles. The number of nitrogens with zero attached hydrogens (tertiary/aromatic N) is 2. The van der Waals surface area contributed by atoms with Crippen LogP contribution in [0.5, 0.6) is 0 Å². The van der Waals surface area contributed by atoms with Gasteiger partial charge in [-0.3, -0.25) is 10.0 Å². The van der Waals surface area contributed by atoms with E-state index >= 15 is 0 Å². The molecular weight excluding hydrogens is 295 g/mol. The van der Waals surface area contributed by atoms with Crippen molar-refractivity contribution in [2.45, 2.75) is 0 Å². The molecule has 3 rings (SSSR count). The number of hydroxylamine groups is 2. The number of hydrogen-bond acceptors (Lipinski definition) is 3. The smallest absolute Gasteiger partial charge is 0.268 e. The minimum absolute atomic E-state index is 0.167. The molecule has 1 aliphatic rings. The summed E-state index contributed by atoms with van der Waals surface area (Å²) in [4.78, 5) is 15.6. The third-order valence-electron chi connectivity index (χ3n) is 3.13. The Labute approximate surface area is 124 Å². The molecule has 1 N–H and O–H groups in total. The highest BCUT2D eigenvalue weighted by atomic mass is 35.5. The molecule has 1 amide bonds. The average molecular weight is 305 g/mol. The van der Waals surface area contributed by atoms with Gasteiger partial charge in [0.2, 0.25) is 0 Å². The summed E-state index contributed by atoms with van der Waals surface area (Å²) in [6, 6.07) is 10.7. The van der Waals surface area contributed by atoms with E-state index in [0.29, 0.717) is 20.7 Å². The fraction of sp³-hybridized carbons (Fsp3) is 0.0667. The van der Waals surface area contributed by atoms with Crippen molar-refractivity contribution >= 4 is 23.2 Å². The third-order valence-corrected chi connectivity index (χ3v) is 3.37. The van der Waals surface area contributed by atoms with Crippen molar-refractivity contribution in [3.8, 4) is 0 Å². The number of amides is 1. The normalized spacial score (nSPS) is 14.5. The fourth-order valence-electron chi connectivity index (χ4n) is 2.25. The van der Waals surface area contributed by atoms with Crippen LogP contribution in [0.25, 0.3) is 5.70 Å². The van der Waals surface area contributed by atoms with Crippen molar-refractivity contribution in [3.63, 3.8) is 0 Å². The van der Waals surface area contributed by atoms with Crippen molar-refractivity contribution in [3.05, 3.63) is 69.4 Å². The molecule has 1 aliphatic heterocycles. The Kier molecular flexibility index (Phi) is 3.45. The maximum Gasteiger partial charge on any atom is 0.268 e. The van der Waals surface area contributed by atoms with Gasteiger partial charge < -0.3 is 0 Å². The summed E-state index contributed by atoms with van der Waals surface area (Å²) in [7, 11) is 0. The SMILES string of the molecule is O=C1CN(O)C(c2ccccc2F)=c2cc(Cl)ccc2=N1. The highest BCUT2D eigenvalue weighted by Gasteiger charge is 2.20. The first-order valence-corrected chi connectivity index (χ1v) is 6.57. The summed E-state index contributed by atoms with van der Waals surface area (Å²) in [6.07, 6.45) is 0. The molecule has 0 unspecified atom stereocenters. The molecule has 2 aromatic rings. The number of halogens is 2. The van der Waals surface area contributed by atoms with Gasteiger partial charge in [0.25, 0.3) is 5.91 Å². The predicted molar refractivity (Wildman–Crippen MR) is 74.6 cm³/mol. The second-order valence-electron chi connectivity index (χ2n) is 4.55. The first kappa shape index (κ1) is 13.7. The van der Waals surface area contributed by atoms with Crippen LogP contribution in [0.4, 0.5) is 4.39 Å². The molecule has 2 aromatic carbocycles. The number of benzene rings is 2. The zero-order chi connectivity index (χ0) is 15.0. The number of rotatable bonds is 1. The number of hydrogen-bond donors (Lipinski definition) is 1. The van der Waals surface area contributed by atoms with E-state index in [1.165, 1.54) is 12.1 Å². The van der Waals surface area contributed by atoms with Gasteiger partial charge in [-0.25, -0.2) is 14.4 Å². The molecule has 0 saturated carbocycles. The summed E-state index contributed by atoms with van der Waals surface area (Å²) < 4.78 is 14.1. The lowest BCUT2D eigenvalue weighted by molar-refractivity contribution is -0.125. The Bertz CT molecular complexity index is 851. The van der Waals surface area contributed by atoms with E-state index in [-0.39, 0.29) is 17.8 Å². The molecule has 0 radical (unpaired) electrons. The van der Waals surface area contributed by atoms with Gasteiger partial charge in [-0.05, 0) is 30.3 Å². The van der Waals surface area contributed by atoms with Gasteiger partial charge in [0.1, 0.15) is 12.4 Å². The molecule has 21 heavy (non-hydrogen) atoms.